The van der Waals surface area contributed by atoms with Crippen LogP contribution in [0.3, 0.4) is 0 Å². The lowest BCUT2D eigenvalue weighted by atomic mass is 10.2. The fourth-order valence-corrected chi connectivity index (χ4v) is 4.49. The summed E-state index contributed by atoms with van der Waals surface area (Å²) < 4.78 is 32.8. The Bertz CT molecular complexity index is 917. The van der Waals surface area contributed by atoms with Crippen molar-refractivity contribution in [3.8, 4) is 5.75 Å². The molecule has 0 spiro atoms. The number of hydrogen-bond acceptors (Lipinski definition) is 4. The Kier molecular flexibility index (Phi) is 7.40. The van der Waals surface area contributed by atoms with Gasteiger partial charge in [-0.15, -0.1) is 0 Å². The summed E-state index contributed by atoms with van der Waals surface area (Å²) in [4.78, 5) is 11.6. The molecule has 0 heterocycles. The number of anilines is 1. The maximum atomic E-state index is 13.2. The molecule has 0 aliphatic rings. The molecule has 0 aliphatic heterocycles. The molecule has 0 radical (unpaired) electrons. The van der Waals surface area contributed by atoms with E-state index in [-0.39, 0.29) is 20.6 Å². The minimum atomic E-state index is -4.12. The Morgan fingerprint density at radius 2 is 1.74 bits per heavy atom. The van der Waals surface area contributed by atoms with Crippen molar-refractivity contribution >= 4 is 55.8 Å². The predicted molar refractivity (Wildman–Crippen MR) is 109 cm³/mol. The van der Waals surface area contributed by atoms with Crippen LogP contribution in [0.15, 0.2) is 47.4 Å². The van der Waals surface area contributed by atoms with Crippen LogP contribution >= 0.6 is 34.8 Å². The van der Waals surface area contributed by atoms with E-state index >= 15 is 0 Å². The van der Waals surface area contributed by atoms with Crippen LogP contribution in [0.25, 0.3) is 0 Å². The highest BCUT2D eigenvalue weighted by Gasteiger charge is 2.33. The number of benzene rings is 2. The Morgan fingerprint density at radius 1 is 1.11 bits per heavy atom. The third kappa shape index (κ3) is 5.08. The van der Waals surface area contributed by atoms with Gasteiger partial charge in [0.05, 0.1) is 27.2 Å². The predicted octanol–water partition coefficient (Wildman–Crippen LogP) is 5.13. The summed E-state index contributed by atoms with van der Waals surface area (Å²) in [5.74, 6) is 0.595. The van der Waals surface area contributed by atoms with Crippen molar-refractivity contribution in [1.29, 1.82) is 0 Å². The van der Waals surface area contributed by atoms with Gasteiger partial charge in [-0.05, 0) is 67.4 Å². The fourth-order valence-electron chi connectivity index (χ4n) is 2.32. The van der Waals surface area contributed by atoms with Crippen LogP contribution in [-0.2, 0) is 14.8 Å². The van der Waals surface area contributed by atoms with E-state index in [0.29, 0.717) is 12.4 Å². The molecule has 2 aromatic rings. The smallest absolute Gasteiger partial charge is 0.265 e. The second kappa shape index (κ2) is 9.15. The first-order chi connectivity index (χ1) is 12.7. The lowest BCUT2D eigenvalue weighted by Gasteiger charge is -2.28. The van der Waals surface area contributed by atoms with Gasteiger partial charge in [-0.1, -0.05) is 30.1 Å². The second-order valence-corrected chi connectivity index (χ2v) is 8.70. The van der Waals surface area contributed by atoms with Crippen LogP contribution in [0.1, 0.15) is 20.3 Å². The topological polar surface area (TPSA) is 63.7 Å². The molecule has 0 N–H and O–H groups in total. The molecule has 9 heteroatoms. The number of carbonyl (C=O) groups excluding carboxylic acids is 1. The summed E-state index contributed by atoms with van der Waals surface area (Å²) >= 11 is 17.4. The zero-order valence-corrected chi connectivity index (χ0v) is 17.7. The van der Waals surface area contributed by atoms with Gasteiger partial charge in [-0.25, -0.2) is 8.42 Å². The van der Waals surface area contributed by atoms with Crippen molar-refractivity contribution in [2.75, 3.05) is 10.9 Å². The third-order valence-corrected chi connectivity index (χ3v) is 6.64. The summed E-state index contributed by atoms with van der Waals surface area (Å²) in [6.07, 6.45) is 0.845. The van der Waals surface area contributed by atoms with Gasteiger partial charge in [0, 0.05) is 0 Å². The van der Waals surface area contributed by atoms with Crippen molar-refractivity contribution in [3.05, 3.63) is 52.5 Å². The van der Waals surface area contributed by atoms with E-state index < -0.39 is 21.3 Å². The summed E-state index contributed by atoms with van der Waals surface area (Å²) in [5, 5.41) is -0.503. The van der Waals surface area contributed by atoms with Crippen LogP contribution in [0.2, 0.25) is 10.0 Å². The molecular weight excluding hydrogens is 433 g/mol. The van der Waals surface area contributed by atoms with Crippen LogP contribution in [-0.4, -0.2) is 26.3 Å². The molecule has 5 nitrogen and oxygen atoms in total. The molecule has 0 saturated carbocycles. The third-order valence-electron chi connectivity index (χ3n) is 3.69. The minimum Gasteiger partial charge on any atom is -0.494 e. The van der Waals surface area contributed by atoms with Crippen LogP contribution in [0, 0.1) is 0 Å². The lowest BCUT2D eigenvalue weighted by Crippen LogP contribution is -2.42. The van der Waals surface area contributed by atoms with Crippen LogP contribution in [0.5, 0.6) is 5.75 Å². The quantitative estimate of drug-likeness (QED) is 0.523. The number of sulfonamides is 1. The molecule has 0 aliphatic carbocycles. The van der Waals surface area contributed by atoms with Crippen LogP contribution < -0.4 is 9.04 Å². The monoisotopic (exact) mass is 449 g/mol. The fraction of sp³-hybridized carbons (Fsp3) is 0.278. The average Bonchev–Trinajstić information content (AvgIpc) is 2.63. The summed E-state index contributed by atoms with van der Waals surface area (Å²) in [6, 6.07) is 9.17. The van der Waals surface area contributed by atoms with E-state index in [4.69, 9.17) is 39.5 Å². The highest BCUT2D eigenvalue weighted by molar-refractivity contribution is 7.93. The summed E-state index contributed by atoms with van der Waals surface area (Å²) in [6.45, 7) is 3.93. The first-order valence-electron chi connectivity index (χ1n) is 8.10. The van der Waals surface area contributed by atoms with Crippen molar-refractivity contribution in [2.45, 2.75) is 31.2 Å². The summed E-state index contributed by atoms with van der Waals surface area (Å²) in [7, 11) is -4.12. The standard InChI is InChI=1S/C18H18Cl3NO4S/c1-3-10-26-14-6-4-13(5-7-14)22(12(2)18(21)23)27(24,25)15-8-9-16(19)17(20)11-15/h4-9,11-12H,3,10H2,1-2H3. The maximum absolute atomic E-state index is 13.2. The van der Waals surface area contributed by atoms with Crippen LogP contribution in [0.4, 0.5) is 5.69 Å². The van der Waals surface area contributed by atoms with Crippen molar-refractivity contribution in [2.24, 2.45) is 0 Å². The molecule has 0 saturated heterocycles. The molecule has 27 heavy (non-hydrogen) atoms. The molecule has 146 valence electrons. The van der Waals surface area contributed by atoms with E-state index in [9.17, 15) is 13.2 Å². The van der Waals surface area contributed by atoms with Crippen molar-refractivity contribution in [1.82, 2.24) is 0 Å². The zero-order valence-electron chi connectivity index (χ0n) is 14.7. The zero-order chi connectivity index (χ0) is 20.2. The Hall–Kier alpha value is -1.47. The summed E-state index contributed by atoms with van der Waals surface area (Å²) in [5.41, 5.74) is 0.270. The van der Waals surface area contributed by atoms with Gasteiger partial charge in [-0.2, -0.15) is 0 Å². The molecule has 0 aromatic heterocycles. The molecule has 1 atom stereocenters. The van der Waals surface area contributed by atoms with E-state index in [1.165, 1.54) is 25.1 Å². The number of rotatable bonds is 8. The molecule has 2 aromatic carbocycles. The molecule has 0 amide bonds. The van der Waals surface area contributed by atoms with E-state index in [1.54, 1.807) is 24.3 Å². The largest absolute Gasteiger partial charge is 0.494 e. The number of nitrogens with zero attached hydrogens (tertiary/aromatic N) is 1. The van der Waals surface area contributed by atoms with Gasteiger partial charge < -0.3 is 4.74 Å². The molecular formula is C18H18Cl3NO4S. The van der Waals surface area contributed by atoms with Gasteiger partial charge in [0.1, 0.15) is 11.8 Å². The highest BCUT2D eigenvalue weighted by atomic mass is 35.5. The number of halogens is 3. The Morgan fingerprint density at radius 3 is 2.26 bits per heavy atom. The highest BCUT2D eigenvalue weighted by Crippen LogP contribution is 2.31. The van der Waals surface area contributed by atoms with Gasteiger partial charge in [-0.3, -0.25) is 9.10 Å². The number of ether oxygens (including phenoxy) is 1. The van der Waals surface area contributed by atoms with Gasteiger partial charge in [0.2, 0.25) is 5.24 Å². The van der Waals surface area contributed by atoms with Gasteiger partial charge in [0.25, 0.3) is 10.0 Å². The molecule has 0 bridgehead atoms. The van der Waals surface area contributed by atoms with E-state index in [2.05, 4.69) is 0 Å². The second-order valence-electron chi connectivity index (χ2n) is 5.70. The number of carbonyl (C=O) groups is 1. The first-order valence-corrected chi connectivity index (χ1v) is 10.7. The first kappa shape index (κ1) is 21.8. The maximum Gasteiger partial charge on any atom is 0.265 e. The van der Waals surface area contributed by atoms with Gasteiger partial charge in [0.15, 0.2) is 0 Å². The minimum absolute atomic E-state index is 0.0888. The van der Waals surface area contributed by atoms with Crippen molar-refractivity contribution in [3.63, 3.8) is 0 Å². The molecule has 2 rings (SSSR count). The normalized spacial score (nSPS) is 12.5. The SMILES string of the molecule is CCCOc1ccc(N(C(C)C(=O)Cl)S(=O)(=O)c2ccc(Cl)c(Cl)c2)cc1. The van der Waals surface area contributed by atoms with Crippen molar-refractivity contribution < 1.29 is 17.9 Å². The Balaban J connectivity index is 2.50. The Labute approximate surface area is 173 Å². The molecule has 1 unspecified atom stereocenters. The molecule has 0 fully saturated rings. The van der Waals surface area contributed by atoms with Gasteiger partial charge >= 0.3 is 0 Å². The lowest BCUT2D eigenvalue weighted by molar-refractivity contribution is -0.112. The van der Waals surface area contributed by atoms with E-state index in [0.717, 1.165) is 10.7 Å². The average molecular weight is 451 g/mol. The van der Waals surface area contributed by atoms with E-state index in [1.807, 2.05) is 6.92 Å². The number of hydrogen-bond donors (Lipinski definition) is 0.